The zero-order valence-electron chi connectivity index (χ0n) is 13.1. The van der Waals surface area contributed by atoms with Gasteiger partial charge in [0.25, 0.3) is 5.91 Å². The van der Waals surface area contributed by atoms with Gasteiger partial charge in [-0.05, 0) is 31.2 Å². The van der Waals surface area contributed by atoms with Gasteiger partial charge in [-0.25, -0.2) is 4.79 Å². The van der Waals surface area contributed by atoms with E-state index >= 15 is 0 Å². The van der Waals surface area contributed by atoms with Gasteiger partial charge in [0.1, 0.15) is 17.6 Å². The van der Waals surface area contributed by atoms with Crippen molar-refractivity contribution in [3.05, 3.63) is 46.2 Å². The molecule has 1 aliphatic heterocycles. The van der Waals surface area contributed by atoms with E-state index in [1.807, 2.05) is 37.3 Å². The van der Waals surface area contributed by atoms with Crippen LogP contribution in [0.25, 0.3) is 0 Å². The number of thiophene rings is 1. The minimum absolute atomic E-state index is 0.278. The molecular weight excluding hydrogens is 330 g/mol. The Kier molecular flexibility index (Phi) is 5.00. The fourth-order valence-corrected chi connectivity index (χ4v) is 2.95. The van der Waals surface area contributed by atoms with Gasteiger partial charge in [0.15, 0.2) is 18.1 Å². The molecule has 0 unspecified atom stereocenters. The minimum atomic E-state index is -0.491. The predicted octanol–water partition coefficient (Wildman–Crippen LogP) is 2.17. The summed E-state index contributed by atoms with van der Waals surface area (Å²) in [4.78, 5) is 25.1. The number of hydrogen-bond donors (Lipinski definition) is 1. The van der Waals surface area contributed by atoms with Crippen LogP contribution in [-0.2, 0) is 9.53 Å². The number of aryl methyl sites for hydroxylation is 1. The second-order valence-electron chi connectivity index (χ2n) is 5.29. The summed E-state index contributed by atoms with van der Waals surface area (Å²) in [5.41, 5.74) is 0. The highest BCUT2D eigenvalue weighted by atomic mass is 32.1. The third-order valence-corrected chi connectivity index (χ3v) is 4.35. The second-order valence-corrected chi connectivity index (χ2v) is 6.58. The summed E-state index contributed by atoms with van der Waals surface area (Å²) in [5, 5.41) is 2.68. The zero-order chi connectivity index (χ0) is 16.9. The molecule has 0 radical (unpaired) electrons. The number of esters is 1. The maximum absolute atomic E-state index is 11.8. The van der Waals surface area contributed by atoms with Gasteiger partial charge >= 0.3 is 5.97 Å². The molecule has 2 aromatic rings. The molecule has 1 aromatic carbocycles. The molecule has 1 amide bonds. The van der Waals surface area contributed by atoms with Crippen LogP contribution in [0.2, 0.25) is 0 Å². The van der Waals surface area contributed by atoms with Crippen molar-refractivity contribution in [3.63, 3.8) is 0 Å². The van der Waals surface area contributed by atoms with Gasteiger partial charge in [0, 0.05) is 4.88 Å². The lowest BCUT2D eigenvalue weighted by Gasteiger charge is -2.26. The number of fused-ring (bicyclic) bond motifs is 1. The number of amides is 1. The van der Waals surface area contributed by atoms with Gasteiger partial charge in [-0.15, -0.1) is 11.3 Å². The van der Waals surface area contributed by atoms with Crippen LogP contribution in [0.15, 0.2) is 36.4 Å². The van der Waals surface area contributed by atoms with Crippen LogP contribution in [-0.4, -0.2) is 37.7 Å². The molecule has 1 aliphatic rings. The van der Waals surface area contributed by atoms with Crippen molar-refractivity contribution < 1.29 is 23.8 Å². The van der Waals surface area contributed by atoms with Crippen LogP contribution >= 0.6 is 11.3 Å². The number of hydrogen-bond acceptors (Lipinski definition) is 6. The van der Waals surface area contributed by atoms with Crippen molar-refractivity contribution in [1.82, 2.24) is 5.32 Å². The first-order valence-corrected chi connectivity index (χ1v) is 8.32. The minimum Gasteiger partial charge on any atom is -0.486 e. The molecular formula is C17H17NO5S. The number of carbonyl (C=O) groups is 2. The fraction of sp³-hybridized carbons (Fsp3) is 0.294. The Labute approximate surface area is 143 Å². The topological polar surface area (TPSA) is 73.9 Å². The largest absolute Gasteiger partial charge is 0.486 e. The normalized spacial score (nSPS) is 15.6. The maximum atomic E-state index is 11.8. The van der Waals surface area contributed by atoms with E-state index in [1.165, 1.54) is 11.3 Å². The number of carbonyl (C=O) groups excluding carboxylic acids is 2. The Hall–Kier alpha value is -2.54. The van der Waals surface area contributed by atoms with Crippen LogP contribution < -0.4 is 14.8 Å². The van der Waals surface area contributed by atoms with Crippen LogP contribution in [0.3, 0.4) is 0 Å². The highest BCUT2D eigenvalue weighted by Gasteiger charge is 2.21. The van der Waals surface area contributed by atoms with Gasteiger partial charge in [-0.2, -0.15) is 0 Å². The average molecular weight is 347 g/mol. The predicted molar refractivity (Wildman–Crippen MR) is 88.7 cm³/mol. The van der Waals surface area contributed by atoms with E-state index in [9.17, 15) is 9.59 Å². The van der Waals surface area contributed by atoms with Gasteiger partial charge in [0.2, 0.25) is 0 Å². The van der Waals surface area contributed by atoms with Gasteiger partial charge in [-0.3, -0.25) is 4.79 Å². The number of benzene rings is 1. The van der Waals surface area contributed by atoms with Crippen molar-refractivity contribution >= 4 is 23.2 Å². The molecule has 2 heterocycles. The first-order valence-electron chi connectivity index (χ1n) is 7.50. The van der Waals surface area contributed by atoms with Crippen LogP contribution in [0.4, 0.5) is 0 Å². The first-order chi connectivity index (χ1) is 11.6. The summed E-state index contributed by atoms with van der Waals surface area (Å²) in [5.74, 6) is 0.483. The van der Waals surface area contributed by atoms with Crippen LogP contribution in [0.1, 0.15) is 14.5 Å². The fourth-order valence-electron chi connectivity index (χ4n) is 2.19. The number of nitrogens with one attached hydrogen (secondary N) is 1. The van der Waals surface area contributed by atoms with E-state index in [2.05, 4.69) is 5.32 Å². The van der Waals surface area contributed by atoms with E-state index in [-0.39, 0.29) is 25.2 Å². The Bertz CT molecular complexity index is 742. The molecule has 1 N–H and O–H groups in total. The van der Waals surface area contributed by atoms with Gasteiger partial charge < -0.3 is 19.5 Å². The lowest BCUT2D eigenvalue weighted by Crippen LogP contribution is -2.42. The lowest BCUT2D eigenvalue weighted by molar-refractivity contribution is -0.124. The Morgan fingerprint density at radius 2 is 2.04 bits per heavy atom. The molecule has 24 heavy (non-hydrogen) atoms. The maximum Gasteiger partial charge on any atom is 0.348 e. The van der Waals surface area contributed by atoms with Crippen molar-refractivity contribution in [2.24, 2.45) is 0 Å². The molecule has 0 aliphatic carbocycles. The number of rotatable bonds is 5. The van der Waals surface area contributed by atoms with Crippen molar-refractivity contribution in [1.29, 1.82) is 0 Å². The zero-order valence-corrected chi connectivity index (χ0v) is 13.9. The molecule has 0 bridgehead atoms. The summed E-state index contributed by atoms with van der Waals surface area (Å²) in [6.07, 6.45) is -0.278. The standard InChI is InChI=1S/C17H17NO5S/c1-11-6-7-15(24-11)17(20)22-10-16(19)18-8-12-9-21-13-4-2-3-5-14(13)23-12/h2-7,12H,8-10H2,1H3,(H,18,19)/t12-/m1/s1. The number of ether oxygens (including phenoxy) is 3. The van der Waals surface area contributed by atoms with Gasteiger partial charge in [-0.1, -0.05) is 12.1 Å². The first kappa shape index (κ1) is 16.3. The van der Waals surface area contributed by atoms with E-state index in [0.717, 1.165) is 4.88 Å². The second kappa shape index (κ2) is 7.35. The third-order valence-electron chi connectivity index (χ3n) is 3.37. The average Bonchev–Trinajstić information content (AvgIpc) is 3.04. The SMILES string of the molecule is Cc1ccc(C(=O)OCC(=O)NC[C@@H]2COc3ccccc3O2)s1. The van der Waals surface area contributed by atoms with Crippen molar-refractivity contribution in [2.45, 2.75) is 13.0 Å². The van der Waals surface area contributed by atoms with E-state index < -0.39 is 5.97 Å². The molecule has 3 rings (SSSR count). The lowest BCUT2D eigenvalue weighted by atomic mass is 10.2. The molecule has 1 aromatic heterocycles. The van der Waals surface area contributed by atoms with Crippen LogP contribution in [0.5, 0.6) is 11.5 Å². The Morgan fingerprint density at radius 1 is 1.25 bits per heavy atom. The van der Waals surface area contributed by atoms with Crippen molar-refractivity contribution in [3.8, 4) is 11.5 Å². The highest BCUT2D eigenvalue weighted by Crippen LogP contribution is 2.30. The molecule has 0 saturated heterocycles. The highest BCUT2D eigenvalue weighted by molar-refractivity contribution is 7.13. The summed E-state index contributed by atoms with van der Waals surface area (Å²) in [6.45, 7) is 2.22. The van der Waals surface area contributed by atoms with E-state index in [4.69, 9.17) is 14.2 Å². The molecule has 6 nitrogen and oxygen atoms in total. The summed E-state index contributed by atoms with van der Waals surface area (Å²) < 4.78 is 16.3. The Balaban J connectivity index is 1.41. The molecule has 126 valence electrons. The smallest absolute Gasteiger partial charge is 0.348 e. The summed E-state index contributed by atoms with van der Waals surface area (Å²) in [6, 6.07) is 10.9. The van der Waals surface area contributed by atoms with Crippen molar-refractivity contribution in [2.75, 3.05) is 19.8 Å². The van der Waals surface area contributed by atoms with Gasteiger partial charge in [0.05, 0.1) is 6.54 Å². The molecule has 1 atom stereocenters. The quantitative estimate of drug-likeness (QED) is 0.839. The van der Waals surface area contributed by atoms with Crippen LogP contribution in [0, 0.1) is 6.92 Å². The number of para-hydroxylation sites is 2. The summed E-state index contributed by atoms with van der Waals surface area (Å²) in [7, 11) is 0. The monoisotopic (exact) mass is 347 g/mol. The Morgan fingerprint density at radius 3 is 2.79 bits per heavy atom. The molecule has 7 heteroatoms. The molecule has 0 saturated carbocycles. The summed E-state index contributed by atoms with van der Waals surface area (Å²) >= 11 is 1.33. The molecule has 0 fully saturated rings. The third kappa shape index (κ3) is 4.05. The molecule has 0 spiro atoms. The van der Waals surface area contributed by atoms with E-state index in [1.54, 1.807) is 6.07 Å². The van der Waals surface area contributed by atoms with E-state index in [0.29, 0.717) is 23.0 Å².